The Morgan fingerprint density at radius 3 is 2.67 bits per heavy atom. The van der Waals surface area contributed by atoms with E-state index in [1.165, 1.54) is 31.4 Å². The number of amides is 1. The molecule has 2 aliphatic rings. The van der Waals surface area contributed by atoms with Gasteiger partial charge in [-0.3, -0.25) is 4.79 Å². The number of carbonyl (C=O) groups is 1. The molecule has 144 valence electrons. The van der Waals surface area contributed by atoms with Crippen molar-refractivity contribution in [1.29, 1.82) is 0 Å². The Morgan fingerprint density at radius 2 is 2.00 bits per heavy atom. The number of rotatable bonds is 7. The van der Waals surface area contributed by atoms with Crippen molar-refractivity contribution in [1.82, 2.24) is 19.9 Å². The van der Waals surface area contributed by atoms with Gasteiger partial charge in [-0.2, -0.15) is 0 Å². The lowest BCUT2D eigenvalue weighted by Crippen LogP contribution is -2.42. The molecule has 1 atom stereocenters. The number of halogens is 1. The van der Waals surface area contributed by atoms with Crippen LogP contribution in [0.2, 0.25) is 0 Å². The average Bonchev–Trinajstić information content (AvgIpc) is 3.30. The molecule has 1 aliphatic heterocycles. The zero-order valence-corrected chi connectivity index (χ0v) is 15.4. The highest BCUT2D eigenvalue weighted by Gasteiger charge is 2.29. The summed E-state index contributed by atoms with van der Waals surface area (Å²) in [4.78, 5) is 14.9. The molecule has 2 heterocycles. The van der Waals surface area contributed by atoms with Crippen molar-refractivity contribution in [3.8, 4) is 0 Å². The van der Waals surface area contributed by atoms with E-state index in [2.05, 4.69) is 10.3 Å². The highest BCUT2D eigenvalue weighted by atomic mass is 19.1. The summed E-state index contributed by atoms with van der Waals surface area (Å²) in [5.41, 5.74) is 1.26. The normalized spacial score (nSPS) is 19.8. The molecule has 2 fully saturated rings. The van der Waals surface area contributed by atoms with E-state index in [0.29, 0.717) is 24.7 Å². The molecular formula is C20H25FN4O2. The molecule has 1 saturated heterocycles. The predicted octanol–water partition coefficient (Wildman–Crippen LogP) is 2.89. The summed E-state index contributed by atoms with van der Waals surface area (Å²) in [6.07, 6.45) is 7.49. The van der Waals surface area contributed by atoms with E-state index in [1.54, 1.807) is 23.0 Å². The molecule has 0 spiro atoms. The van der Waals surface area contributed by atoms with Crippen LogP contribution in [0.3, 0.4) is 0 Å². The summed E-state index contributed by atoms with van der Waals surface area (Å²) in [6, 6.07) is 6.25. The van der Waals surface area contributed by atoms with E-state index >= 15 is 0 Å². The Labute approximate surface area is 158 Å². The second-order valence-corrected chi connectivity index (χ2v) is 7.57. The number of aromatic nitrogens is 3. The minimum Gasteiger partial charge on any atom is -0.376 e. The standard InChI is InChI=1S/C20H25FN4O2/c21-17-8-6-16(7-9-17)12-25-14-19(22-23-25)20(26)24(11-15-3-1-4-15)13-18-5-2-10-27-18/h6-9,14-15,18H,1-5,10-13H2/t18-/m1/s1. The van der Waals surface area contributed by atoms with Crippen LogP contribution in [0.1, 0.15) is 48.2 Å². The van der Waals surface area contributed by atoms with Crippen molar-refractivity contribution >= 4 is 5.91 Å². The SMILES string of the molecule is O=C(c1cn(Cc2ccc(F)cc2)nn1)N(CC1CCC1)C[C@H]1CCCO1. The van der Waals surface area contributed by atoms with Crippen LogP contribution in [0.15, 0.2) is 30.5 Å². The van der Waals surface area contributed by atoms with Gasteiger partial charge >= 0.3 is 0 Å². The summed E-state index contributed by atoms with van der Waals surface area (Å²) in [5.74, 6) is 0.237. The van der Waals surface area contributed by atoms with Crippen LogP contribution in [0.25, 0.3) is 0 Å². The summed E-state index contributed by atoms with van der Waals surface area (Å²) >= 11 is 0. The number of ether oxygens (including phenoxy) is 1. The first-order valence-electron chi connectivity index (χ1n) is 9.73. The van der Waals surface area contributed by atoms with E-state index < -0.39 is 0 Å². The number of carbonyl (C=O) groups excluding carboxylic acids is 1. The van der Waals surface area contributed by atoms with Crippen LogP contribution in [0.5, 0.6) is 0 Å². The molecule has 6 nitrogen and oxygen atoms in total. The molecule has 0 radical (unpaired) electrons. The van der Waals surface area contributed by atoms with Gasteiger partial charge in [-0.25, -0.2) is 9.07 Å². The average molecular weight is 372 g/mol. The van der Waals surface area contributed by atoms with Gasteiger partial charge in [0.15, 0.2) is 5.69 Å². The number of benzene rings is 1. The van der Waals surface area contributed by atoms with Crippen molar-refractivity contribution < 1.29 is 13.9 Å². The third-order valence-corrected chi connectivity index (χ3v) is 5.45. The fourth-order valence-electron chi connectivity index (χ4n) is 3.67. The van der Waals surface area contributed by atoms with E-state index in [1.807, 2.05) is 4.90 Å². The van der Waals surface area contributed by atoms with Crippen LogP contribution >= 0.6 is 0 Å². The highest BCUT2D eigenvalue weighted by molar-refractivity contribution is 5.92. The molecule has 1 aliphatic carbocycles. The lowest BCUT2D eigenvalue weighted by Gasteiger charge is -2.33. The number of nitrogens with zero attached hydrogens (tertiary/aromatic N) is 4. The quantitative estimate of drug-likeness (QED) is 0.750. The van der Waals surface area contributed by atoms with Gasteiger partial charge in [0.05, 0.1) is 18.8 Å². The van der Waals surface area contributed by atoms with Crippen molar-refractivity contribution in [2.75, 3.05) is 19.7 Å². The Balaban J connectivity index is 1.43. The Bertz CT molecular complexity index is 767. The van der Waals surface area contributed by atoms with Crippen LogP contribution in [0.4, 0.5) is 4.39 Å². The summed E-state index contributed by atoms with van der Waals surface area (Å²) in [6.45, 7) is 2.63. The molecular weight excluding hydrogens is 347 g/mol. The van der Waals surface area contributed by atoms with Gasteiger partial charge in [0.2, 0.25) is 0 Å². The first kappa shape index (κ1) is 18.1. The maximum Gasteiger partial charge on any atom is 0.276 e. The lowest BCUT2D eigenvalue weighted by atomic mass is 9.85. The second-order valence-electron chi connectivity index (χ2n) is 7.57. The van der Waals surface area contributed by atoms with Crippen LogP contribution < -0.4 is 0 Å². The molecule has 1 saturated carbocycles. The van der Waals surface area contributed by atoms with Crippen molar-refractivity contribution in [3.63, 3.8) is 0 Å². The van der Waals surface area contributed by atoms with Gasteiger partial charge in [-0.05, 0) is 49.3 Å². The summed E-state index contributed by atoms with van der Waals surface area (Å²) < 4.78 is 20.4. The topological polar surface area (TPSA) is 60.2 Å². The van der Waals surface area contributed by atoms with Gasteiger partial charge in [0.25, 0.3) is 5.91 Å². The van der Waals surface area contributed by atoms with Gasteiger partial charge in [-0.1, -0.05) is 23.8 Å². The van der Waals surface area contributed by atoms with E-state index in [0.717, 1.165) is 31.6 Å². The Morgan fingerprint density at radius 1 is 1.19 bits per heavy atom. The fourth-order valence-corrected chi connectivity index (χ4v) is 3.67. The molecule has 1 aromatic carbocycles. The largest absolute Gasteiger partial charge is 0.376 e. The molecule has 0 bridgehead atoms. The molecule has 2 aromatic rings. The lowest BCUT2D eigenvalue weighted by molar-refractivity contribution is 0.0443. The summed E-state index contributed by atoms with van der Waals surface area (Å²) in [5, 5.41) is 8.16. The van der Waals surface area contributed by atoms with Gasteiger partial charge < -0.3 is 9.64 Å². The van der Waals surface area contributed by atoms with Crippen LogP contribution in [-0.2, 0) is 11.3 Å². The molecule has 27 heavy (non-hydrogen) atoms. The van der Waals surface area contributed by atoms with Crippen molar-refractivity contribution in [2.45, 2.75) is 44.8 Å². The first-order valence-corrected chi connectivity index (χ1v) is 9.73. The molecule has 0 N–H and O–H groups in total. The van der Waals surface area contributed by atoms with Crippen molar-refractivity contribution in [2.24, 2.45) is 5.92 Å². The minimum atomic E-state index is -0.269. The maximum absolute atomic E-state index is 13.0. The second kappa shape index (κ2) is 8.17. The smallest absolute Gasteiger partial charge is 0.276 e. The number of hydrogen-bond donors (Lipinski definition) is 0. The Kier molecular flexibility index (Phi) is 5.48. The molecule has 7 heteroatoms. The summed E-state index contributed by atoms with van der Waals surface area (Å²) in [7, 11) is 0. The number of hydrogen-bond acceptors (Lipinski definition) is 4. The maximum atomic E-state index is 13.0. The van der Waals surface area contributed by atoms with Crippen LogP contribution in [-0.4, -0.2) is 51.6 Å². The monoisotopic (exact) mass is 372 g/mol. The first-order chi connectivity index (χ1) is 13.2. The van der Waals surface area contributed by atoms with Crippen LogP contribution in [0, 0.1) is 11.7 Å². The highest BCUT2D eigenvalue weighted by Crippen LogP contribution is 2.28. The molecule has 4 rings (SSSR count). The fraction of sp³-hybridized carbons (Fsp3) is 0.550. The molecule has 1 amide bonds. The van der Waals surface area contributed by atoms with Gasteiger partial charge in [0.1, 0.15) is 5.82 Å². The van der Waals surface area contributed by atoms with E-state index in [4.69, 9.17) is 4.74 Å². The third kappa shape index (κ3) is 4.53. The zero-order chi connectivity index (χ0) is 18.6. The van der Waals surface area contributed by atoms with E-state index in [9.17, 15) is 9.18 Å². The minimum absolute atomic E-state index is 0.0808. The van der Waals surface area contributed by atoms with E-state index in [-0.39, 0.29) is 17.8 Å². The van der Waals surface area contributed by atoms with Gasteiger partial charge in [0, 0.05) is 19.7 Å². The van der Waals surface area contributed by atoms with Crippen molar-refractivity contribution in [3.05, 3.63) is 47.5 Å². The Hall–Kier alpha value is -2.28. The van der Waals surface area contributed by atoms with Gasteiger partial charge in [-0.15, -0.1) is 5.10 Å². The predicted molar refractivity (Wildman–Crippen MR) is 97.7 cm³/mol. The third-order valence-electron chi connectivity index (χ3n) is 5.45. The molecule has 0 unspecified atom stereocenters. The zero-order valence-electron chi connectivity index (χ0n) is 15.4. The molecule has 1 aromatic heterocycles.